The fraction of sp³-hybridized carbons (Fsp3) is 0.273. The highest BCUT2D eigenvalue weighted by atomic mass is 35.5. The SMILES string of the molecule is CCn1c(SCC(=O)Nc2ccc(F)c(Cl)c2)nnc1C(CO)NC(=O)c1ccc(OC)cc1. The summed E-state index contributed by atoms with van der Waals surface area (Å²) in [6.45, 7) is 1.92. The van der Waals surface area contributed by atoms with Crippen LogP contribution in [0.5, 0.6) is 5.75 Å². The van der Waals surface area contributed by atoms with E-state index in [1.807, 2.05) is 6.92 Å². The van der Waals surface area contributed by atoms with E-state index in [2.05, 4.69) is 20.8 Å². The molecular formula is C22H23ClFN5O4S. The van der Waals surface area contributed by atoms with Crippen LogP contribution in [-0.2, 0) is 11.3 Å². The molecule has 0 saturated heterocycles. The van der Waals surface area contributed by atoms with Crippen LogP contribution in [-0.4, -0.2) is 51.2 Å². The summed E-state index contributed by atoms with van der Waals surface area (Å²) in [6.07, 6.45) is 0. The second-order valence-corrected chi connectivity index (χ2v) is 8.34. The van der Waals surface area contributed by atoms with Crippen molar-refractivity contribution in [3.8, 4) is 5.75 Å². The minimum Gasteiger partial charge on any atom is -0.497 e. The Hall–Kier alpha value is -3.15. The second kappa shape index (κ2) is 11.8. The third-order valence-corrected chi connectivity index (χ3v) is 6.01. The third kappa shape index (κ3) is 6.25. The van der Waals surface area contributed by atoms with Gasteiger partial charge in [0.05, 0.1) is 24.5 Å². The first-order valence-electron chi connectivity index (χ1n) is 10.2. The molecule has 0 bridgehead atoms. The number of anilines is 1. The van der Waals surface area contributed by atoms with Crippen LogP contribution in [0.2, 0.25) is 5.02 Å². The summed E-state index contributed by atoms with van der Waals surface area (Å²) in [6, 6.07) is 9.65. The van der Waals surface area contributed by atoms with Gasteiger partial charge < -0.3 is 25.0 Å². The summed E-state index contributed by atoms with van der Waals surface area (Å²) in [4.78, 5) is 24.9. The van der Waals surface area contributed by atoms with Gasteiger partial charge >= 0.3 is 0 Å². The number of aromatic nitrogens is 3. The van der Waals surface area contributed by atoms with Crippen LogP contribution in [0.1, 0.15) is 29.1 Å². The highest BCUT2D eigenvalue weighted by molar-refractivity contribution is 7.99. The summed E-state index contributed by atoms with van der Waals surface area (Å²) in [7, 11) is 1.53. The fourth-order valence-electron chi connectivity index (χ4n) is 3.04. The number of carbonyl (C=O) groups is 2. The molecule has 3 aromatic rings. The number of methoxy groups -OCH3 is 1. The van der Waals surface area contributed by atoms with E-state index in [-0.39, 0.29) is 22.6 Å². The number of carbonyl (C=O) groups excluding carboxylic acids is 2. The zero-order chi connectivity index (χ0) is 24.7. The Morgan fingerprint density at radius 2 is 1.97 bits per heavy atom. The molecule has 1 aromatic heterocycles. The predicted molar refractivity (Wildman–Crippen MR) is 127 cm³/mol. The molecule has 12 heteroatoms. The van der Waals surface area contributed by atoms with E-state index in [9.17, 15) is 19.1 Å². The molecule has 0 fully saturated rings. The first-order chi connectivity index (χ1) is 16.4. The highest BCUT2D eigenvalue weighted by Crippen LogP contribution is 2.23. The van der Waals surface area contributed by atoms with E-state index in [1.54, 1.807) is 28.8 Å². The summed E-state index contributed by atoms with van der Waals surface area (Å²) >= 11 is 6.87. The number of aliphatic hydroxyl groups excluding tert-OH is 1. The van der Waals surface area contributed by atoms with Crippen LogP contribution in [0.25, 0.3) is 0 Å². The monoisotopic (exact) mass is 507 g/mol. The van der Waals surface area contributed by atoms with Crippen molar-refractivity contribution < 1.29 is 23.8 Å². The fourth-order valence-corrected chi connectivity index (χ4v) is 4.03. The molecule has 3 rings (SSSR count). The topological polar surface area (TPSA) is 118 Å². The highest BCUT2D eigenvalue weighted by Gasteiger charge is 2.23. The zero-order valence-corrected chi connectivity index (χ0v) is 20.0. The molecule has 2 aromatic carbocycles. The van der Waals surface area contributed by atoms with Crippen LogP contribution in [0, 0.1) is 5.82 Å². The number of amides is 2. The van der Waals surface area contributed by atoms with Gasteiger partial charge in [0.1, 0.15) is 17.6 Å². The van der Waals surface area contributed by atoms with E-state index in [0.717, 1.165) is 11.8 Å². The van der Waals surface area contributed by atoms with Gasteiger partial charge in [0, 0.05) is 17.8 Å². The predicted octanol–water partition coefficient (Wildman–Crippen LogP) is 3.29. The van der Waals surface area contributed by atoms with E-state index >= 15 is 0 Å². The van der Waals surface area contributed by atoms with Crippen molar-refractivity contribution in [3.63, 3.8) is 0 Å². The van der Waals surface area contributed by atoms with Gasteiger partial charge in [-0.15, -0.1) is 10.2 Å². The van der Waals surface area contributed by atoms with Crippen LogP contribution < -0.4 is 15.4 Å². The second-order valence-electron chi connectivity index (χ2n) is 6.99. The van der Waals surface area contributed by atoms with E-state index < -0.39 is 18.5 Å². The molecular weight excluding hydrogens is 485 g/mol. The lowest BCUT2D eigenvalue weighted by Gasteiger charge is -2.17. The number of nitrogens with one attached hydrogen (secondary N) is 2. The van der Waals surface area contributed by atoms with Gasteiger partial charge in [-0.1, -0.05) is 23.4 Å². The standard InChI is InChI=1S/C22H23ClFN5O4S/c1-3-29-20(18(11-30)26-21(32)13-4-7-15(33-2)8-5-13)27-28-22(29)34-12-19(31)25-14-6-9-17(24)16(23)10-14/h4-10,18,30H,3,11-12H2,1-2H3,(H,25,31)(H,26,32). The molecule has 0 saturated carbocycles. The Morgan fingerprint density at radius 1 is 1.24 bits per heavy atom. The molecule has 1 unspecified atom stereocenters. The third-order valence-electron chi connectivity index (χ3n) is 4.75. The van der Waals surface area contributed by atoms with Crippen molar-refractivity contribution in [1.29, 1.82) is 0 Å². The minimum absolute atomic E-state index is 0.00906. The molecule has 34 heavy (non-hydrogen) atoms. The van der Waals surface area contributed by atoms with Crippen molar-refractivity contribution >= 4 is 40.9 Å². The molecule has 2 amide bonds. The lowest BCUT2D eigenvalue weighted by Crippen LogP contribution is -2.32. The lowest BCUT2D eigenvalue weighted by molar-refractivity contribution is -0.113. The number of rotatable bonds is 10. The lowest BCUT2D eigenvalue weighted by atomic mass is 10.2. The van der Waals surface area contributed by atoms with Gasteiger partial charge in [-0.3, -0.25) is 9.59 Å². The average Bonchev–Trinajstić information content (AvgIpc) is 3.26. The molecule has 0 spiro atoms. The van der Waals surface area contributed by atoms with E-state index in [4.69, 9.17) is 16.3 Å². The first kappa shape index (κ1) is 25.5. The summed E-state index contributed by atoms with van der Waals surface area (Å²) in [5.41, 5.74) is 0.769. The van der Waals surface area contributed by atoms with E-state index in [0.29, 0.717) is 34.5 Å². The Balaban J connectivity index is 1.65. The van der Waals surface area contributed by atoms with Crippen molar-refractivity contribution in [3.05, 3.63) is 64.7 Å². The van der Waals surface area contributed by atoms with Gasteiger partial charge in [-0.25, -0.2) is 4.39 Å². The van der Waals surface area contributed by atoms with E-state index in [1.165, 1.54) is 25.3 Å². The number of benzene rings is 2. The maximum atomic E-state index is 13.3. The number of halogens is 2. The molecule has 180 valence electrons. The van der Waals surface area contributed by atoms with Gasteiger partial charge in [-0.05, 0) is 49.4 Å². The Labute approximate surface area is 204 Å². The number of hydrogen-bond donors (Lipinski definition) is 3. The molecule has 0 aliphatic heterocycles. The molecule has 1 atom stereocenters. The van der Waals surface area contributed by atoms with Crippen molar-refractivity contribution in [2.24, 2.45) is 0 Å². The molecule has 0 aliphatic rings. The minimum atomic E-state index is -0.799. The van der Waals surface area contributed by atoms with Gasteiger partial charge in [0.2, 0.25) is 5.91 Å². The zero-order valence-electron chi connectivity index (χ0n) is 18.4. The average molecular weight is 508 g/mol. The molecule has 9 nitrogen and oxygen atoms in total. The quantitative estimate of drug-likeness (QED) is 0.360. The van der Waals surface area contributed by atoms with Crippen LogP contribution in [0.4, 0.5) is 10.1 Å². The number of hydrogen-bond acceptors (Lipinski definition) is 7. The first-order valence-corrected chi connectivity index (χ1v) is 11.6. The summed E-state index contributed by atoms with van der Waals surface area (Å²) in [5, 5.41) is 23.9. The number of thioether (sulfide) groups is 1. The summed E-state index contributed by atoms with van der Waals surface area (Å²) < 4.78 is 20.1. The smallest absolute Gasteiger partial charge is 0.251 e. The Kier molecular flexibility index (Phi) is 8.85. The maximum absolute atomic E-state index is 13.3. The normalized spacial score (nSPS) is 11.7. The maximum Gasteiger partial charge on any atom is 0.251 e. The van der Waals surface area contributed by atoms with Gasteiger partial charge in [0.25, 0.3) is 5.91 Å². The number of aliphatic hydroxyl groups is 1. The van der Waals surface area contributed by atoms with Crippen LogP contribution >= 0.6 is 23.4 Å². The van der Waals surface area contributed by atoms with Gasteiger partial charge in [-0.2, -0.15) is 0 Å². The van der Waals surface area contributed by atoms with Crippen molar-refractivity contribution in [2.75, 3.05) is 24.8 Å². The Bertz CT molecular complexity index is 1160. The number of nitrogens with zero attached hydrogens (tertiary/aromatic N) is 3. The molecule has 0 radical (unpaired) electrons. The van der Waals surface area contributed by atoms with Crippen molar-refractivity contribution in [2.45, 2.75) is 24.7 Å². The van der Waals surface area contributed by atoms with Crippen molar-refractivity contribution in [1.82, 2.24) is 20.1 Å². The molecule has 0 aliphatic carbocycles. The van der Waals surface area contributed by atoms with Gasteiger partial charge in [0.15, 0.2) is 11.0 Å². The van der Waals surface area contributed by atoms with Crippen LogP contribution in [0.3, 0.4) is 0 Å². The summed E-state index contributed by atoms with van der Waals surface area (Å²) in [5.74, 6) is -0.315. The Morgan fingerprint density at radius 3 is 2.59 bits per heavy atom. The number of ether oxygens (including phenoxy) is 1. The van der Waals surface area contributed by atoms with Crippen LogP contribution in [0.15, 0.2) is 47.6 Å². The molecule has 1 heterocycles. The largest absolute Gasteiger partial charge is 0.497 e. The molecule has 3 N–H and O–H groups in total.